The number of amides is 2. The number of furan rings is 1. The lowest BCUT2D eigenvalue weighted by atomic mass is 10.1. The number of ether oxygens (including phenoxy) is 1. The molecule has 0 unspecified atom stereocenters. The minimum Gasteiger partial charge on any atom is -0.483 e. The summed E-state index contributed by atoms with van der Waals surface area (Å²) in [5.41, 5.74) is 9.21. The molecule has 2 heterocycles. The predicted molar refractivity (Wildman–Crippen MR) is 113 cm³/mol. The number of primary amides is 1. The van der Waals surface area contributed by atoms with Gasteiger partial charge in [0.1, 0.15) is 5.75 Å². The summed E-state index contributed by atoms with van der Waals surface area (Å²) in [5, 5.41) is 3.42. The van der Waals surface area contributed by atoms with Gasteiger partial charge in [-0.25, -0.2) is 4.98 Å². The summed E-state index contributed by atoms with van der Waals surface area (Å²) in [6.07, 6.45) is 1.43. The number of nitrogens with one attached hydrogen (secondary N) is 1. The summed E-state index contributed by atoms with van der Waals surface area (Å²) in [4.78, 5) is 28.2. The molecule has 0 aliphatic heterocycles. The van der Waals surface area contributed by atoms with E-state index in [1.807, 2.05) is 31.2 Å². The Balaban J connectivity index is 1.74. The van der Waals surface area contributed by atoms with Gasteiger partial charge in [-0.05, 0) is 37.3 Å². The molecule has 7 heteroatoms. The van der Waals surface area contributed by atoms with Crippen LogP contribution in [0.3, 0.4) is 0 Å². The van der Waals surface area contributed by atoms with Gasteiger partial charge in [-0.1, -0.05) is 29.8 Å². The zero-order valence-electron chi connectivity index (χ0n) is 16.2. The number of nitrogens with zero attached hydrogens (tertiary/aromatic N) is 1. The van der Waals surface area contributed by atoms with E-state index in [2.05, 4.69) is 5.32 Å². The van der Waals surface area contributed by atoms with Crippen molar-refractivity contribution in [2.24, 2.45) is 5.73 Å². The Morgan fingerprint density at radius 3 is 2.60 bits per heavy atom. The van der Waals surface area contributed by atoms with Crippen molar-refractivity contribution in [3.63, 3.8) is 0 Å². The molecule has 4 aromatic rings. The number of aromatic nitrogens is 1. The molecule has 3 N–H and O–H groups in total. The Kier molecular flexibility index (Phi) is 5.17. The van der Waals surface area contributed by atoms with Crippen LogP contribution in [0.1, 0.15) is 16.1 Å². The van der Waals surface area contributed by atoms with Crippen LogP contribution in [0, 0.1) is 6.92 Å². The maximum absolute atomic E-state index is 12.3. The maximum atomic E-state index is 12.3. The van der Waals surface area contributed by atoms with Crippen molar-refractivity contribution in [1.29, 1.82) is 0 Å². The highest BCUT2D eigenvalue weighted by atomic mass is 16.5. The number of carbonyl (C=O) groups is 2. The molecule has 7 nitrogen and oxygen atoms in total. The Morgan fingerprint density at radius 2 is 1.90 bits per heavy atom. The Labute approximate surface area is 172 Å². The Bertz CT molecular complexity index is 1220. The van der Waals surface area contributed by atoms with Crippen molar-refractivity contribution in [2.45, 2.75) is 6.92 Å². The predicted octanol–water partition coefficient (Wildman–Crippen LogP) is 3.92. The minimum atomic E-state index is -0.584. The van der Waals surface area contributed by atoms with E-state index in [-0.39, 0.29) is 18.3 Å². The molecule has 2 amide bonds. The van der Waals surface area contributed by atoms with Gasteiger partial charge in [0.15, 0.2) is 12.4 Å². The fourth-order valence-corrected chi connectivity index (χ4v) is 3.01. The van der Waals surface area contributed by atoms with E-state index in [1.54, 1.807) is 36.4 Å². The minimum absolute atomic E-state index is 0.202. The number of carbonyl (C=O) groups excluding carboxylic acids is 2. The molecule has 150 valence electrons. The number of aryl methyl sites for hydroxylation is 1. The second-order valence-corrected chi connectivity index (χ2v) is 6.79. The first kappa shape index (κ1) is 19.2. The molecule has 0 aliphatic carbocycles. The number of fused-ring (bicyclic) bond motifs is 1. The lowest BCUT2D eigenvalue weighted by Crippen LogP contribution is -2.20. The summed E-state index contributed by atoms with van der Waals surface area (Å²) in [6.45, 7) is 1.74. The van der Waals surface area contributed by atoms with Crippen LogP contribution in [0.2, 0.25) is 0 Å². The number of rotatable bonds is 6. The van der Waals surface area contributed by atoms with E-state index >= 15 is 0 Å². The standard InChI is InChI=1S/C23H19N3O4/c1-14-4-6-15(7-5-14)19-12-21(30-13-22(24)27)17-11-16(8-9-18(17)26-19)25-23(28)20-3-2-10-29-20/h2-12H,13H2,1H3,(H2,24,27)(H,25,28). The second-order valence-electron chi connectivity index (χ2n) is 6.79. The molecule has 0 saturated heterocycles. The molecule has 2 aromatic carbocycles. The molecule has 30 heavy (non-hydrogen) atoms. The normalized spacial score (nSPS) is 10.7. The lowest BCUT2D eigenvalue weighted by molar-refractivity contribution is -0.119. The third-order valence-electron chi connectivity index (χ3n) is 4.49. The molecule has 0 radical (unpaired) electrons. The van der Waals surface area contributed by atoms with Crippen molar-refractivity contribution < 1.29 is 18.7 Å². The van der Waals surface area contributed by atoms with E-state index in [1.165, 1.54) is 6.26 Å². The quantitative estimate of drug-likeness (QED) is 0.509. The van der Waals surface area contributed by atoms with Crippen molar-refractivity contribution in [3.8, 4) is 17.0 Å². The molecule has 0 fully saturated rings. The van der Waals surface area contributed by atoms with Crippen LogP contribution < -0.4 is 15.8 Å². The van der Waals surface area contributed by atoms with Gasteiger partial charge in [-0.2, -0.15) is 0 Å². The molecule has 0 saturated carbocycles. The second kappa shape index (κ2) is 8.08. The van der Waals surface area contributed by atoms with Crippen molar-refractivity contribution >= 4 is 28.4 Å². The highest BCUT2D eigenvalue weighted by molar-refractivity contribution is 6.03. The number of hydrogen-bond donors (Lipinski definition) is 2. The summed E-state index contributed by atoms with van der Waals surface area (Å²) >= 11 is 0. The number of nitrogens with two attached hydrogens (primary N) is 1. The monoisotopic (exact) mass is 401 g/mol. The summed E-state index contributed by atoms with van der Waals surface area (Å²) in [7, 11) is 0. The first-order chi connectivity index (χ1) is 14.5. The fraction of sp³-hybridized carbons (Fsp3) is 0.0870. The van der Waals surface area contributed by atoms with E-state index in [9.17, 15) is 9.59 Å². The van der Waals surface area contributed by atoms with E-state index in [0.717, 1.165) is 11.1 Å². The number of pyridine rings is 1. The zero-order valence-corrected chi connectivity index (χ0v) is 16.2. The van der Waals surface area contributed by atoms with Crippen LogP contribution in [0.5, 0.6) is 5.75 Å². The van der Waals surface area contributed by atoms with Crippen molar-refractivity contribution in [2.75, 3.05) is 11.9 Å². The molecule has 0 atom stereocenters. The summed E-state index contributed by atoms with van der Waals surface area (Å²) in [5.74, 6) is -0.307. The first-order valence-electron chi connectivity index (χ1n) is 9.27. The van der Waals surface area contributed by atoms with Crippen molar-refractivity contribution in [1.82, 2.24) is 4.98 Å². The SMILES string of the molecule is Cc1ccc(-c2cc(OCC(N)=O)c3cc(NC(=O)c4ccco4)ccc3n2)cc1. The molecular formula is C23H19N3O4. The molecule has 0 bridgehead atoms. The molecular weight excluding hydrogens is 382 g/mol. The molecule has 0 spiro atoms. The lowest BCUT2D eigenvalue weighted by Gasteiger charge is -2.12. The van der Waals surface area contributed by atoms with Gasteiger partial charge >= 0.3 is 0 Å². The summed E-state index contributed by atoms with van der Waals surface area (Å²) in [6, 6.07) is 18.2. The van der Waals surface area contributed by atoms with Gasteiger partial charge in [0, 0.05) is 22.7 Å². The molecule has 2 aromatic heterocycles. The van der Waals surface area contributed by atoms with Crippen LogP contribution in [-0.4, -0.2) is 23.4 Å². The van der Waals surface area contributed by atoms with E-state index < -0.39 is 5.91 Å². The number of benzene rings is 2. The van der Waals surface area contributed by atoms with Gasteiger partial charge in [-0.15, -0.1) is 0 Å². The fourth-order valence-electron chi connectivity index (χ4n) is 3.01. The average Bonchev–Trinajstić information content (AvgIpc) is 3.27. The van der Waals surface area contributed by atoms with Crippen LogP contribution in [-0.2, 0) is 4.79 Å². The van der Waals surface area contributed by atoms with Crippen LogP contribution in [0.4, 0.5) is 5.69 Å². The van der Waals surface area contributed by atoms with E-state index in [4.69, 9.17) is 19.9 Å². The van der Waals surface area contributed by atoms with Gasteiger partial charge in [0.2, 0.25) is 0 Å². The largest absolute Gasteiger partial charge is 0.483 e. The summed E-state index contributed by atoms with van der Waals surface area (Å²) < 4.78 is 10.8. The highest BCUT2D eigenvalue weighted by Gasteiger charge is 2.13. The Hall–Kier alpha value is -4.13. The zero-order chi connectivity index (χ0) is 21.1. The van der Waals surface area contributed by atoms with Gasteiger partial charge in [0.25, 0.3) is 11.8 Å². The topological polar surface area (TPSA) is 107 Å². The Morgan fingerprint density at radius 1 is 1.10 bits per heavy atom. The third-order valence-corrected chi connectivity index (χ3v) is 4.49. The average molecular weight is 401 g/mol. The number of hydrogen-bond acceptors (Lipinski definition) is 5. The third kappa shape index (κ3) is 4.15. The van der Waals surface area contributed by atoms with Crippen LogP contribution in [0.25, 0.3) is 22.2 Å². The highest BCUT2D eigenvalue weighted by Crippen LogP contribution is 2.32. The van der Waals surface area contributed by atoms with Gasteiger partial charge in [-0.3, -0.25) is 9.59 Å². The van der Waals surface area contributed by atoms with Crippen LogP contribution >= 0.6 is 0 Å². The molecule has 0 aliphatic rings. The van der Waals surface area contributed by atoms with E-state index in [0.29, 0.717) is 28.0 Å². The number of anilines is 1. The first-order valence-corrected chi connectivity index (χ1v) is 9.27. The van der Waals surface area contributed by atoms with Gasteiger partial charge in [0.05, 0.1) is 17.5 Å². The van der Waals surface area contributed by atoms with Gasteiger partial charge < -0.3 is 20.2 Å². The molecule has 4 rings (SSSR count). The smallest absolute Gasteiger partial charge is 0.291 e. The van der Waals surface area contributed by atoms with Crippen molar-refractivity contribution in [3.05, 3.63) is 78.3 Å². The van der Waals surface area contributed by atoms with Crippen LogP contribution in [0.15, 0.2) is 71.3 Å². The maximum Gasteiger partial charge on any atom is 0.291 e.